The molecule has 0 aliphatic heterocycles. The first-order valence-electron chi connectivity index (χ1n) is 6.81. The molecule has 18 heavy (non-hydrogen) atoms. The smallest absolute Gasteiger partial charge is 0.188 e. The van der Waals surface area contributed by atoms with Crippen LogP contribution >= 0.6 is 11.8 Å². The molecule has 1 heterocycles. The van der Waals surface area contributed by atoms with Crippen LogP contribution in [0.25, 0.3) is 0 Å². The van der Waals surface area contributed by atoms with Crippen LogP contribution in [0.5, 0.6) is 0 Å². The Labute approximate surface area is 115 Å². The lowest BCUT2D eigenvalue weighted by atomic mass is 10.2. The minimum Gasteiger partial charge on any atom is -0.316 e. The summed E-state index contributed by atoms with van der Waals surface area (Å²) in [6.45, 7) is 10.6. The fourth-order valence-corrected chi connectivity index (χ4v) is 2.73. The van der Waals surface area contributed by atoms with Crippen molar-refractivity contribution in [2.75, 3.05) is 13.1 Å². The van der Waals surface area contributed by atoms with Crippen LogP contribution in [0.15, 0.2) is 11.2 Å². The fraction of sp³-hybridized carbons (Fsp3) is 0.714. The van der Waals surface area contributed by atoms with Crippen LogP contribution in [0, 0.1) is 13.8 Å². The van der Waals surface area contributed by atoms with E-state index in [0.29, 0.717) is 5.25 Å². The first kappa shape index (κ1) is 15.4. The third-order valence-electron chi connectivity index (χ3n) is 2.66. The monoisotopic (exact) mass is 267 g/mol. The lowest BCUT2D eigenvalue weighted by Gasteiger charge is -2.11. The highest BCUT2D eigenvalue weighted by molar-refractivity contribution is 7.99. The highest BCUT2D eigenvalue weighted by Gasteiger charge is 2.07. The summed E-state index contributed by atoms with van der Waals surface area (Å²) < 4.78 is 0. The van der Waals surface area contributed by atoms with E-state index in [9.17, 15) is 0 Å². The van der Waals surface area contributed by atoms with Crippen LogP contribution in [0.2, 0.25) is 0 Å². The Balaban J connectivity index is 2.28. The Hall–Kier alpha value is -0.610. The lowest BCUT2D eigenvalue weighted by molar-refractivity contribution is 0.615. The molecule has 4 heteroatoms. The summed E-state index contributed by atoms with van der Waals surface area (Å²) in [5.41, 5.74) is 2.10. The molecule has 1 rings (SSSR count). The molecule has 0 saturated carbocycles. The molecule has 0 radical (unpaired) electrons. The summed E-state index contributed by atoms with van der Waals surface area (Å²) in [4.78, 5) is 8.91. The molecule has 1 atom stereocenters. The van der Waals surface area contributed by atoms with E-state index in [2.05, 4.69) is 29.1 Å². The second kappa shape index (κ2) is 8.48. The maximum atomic E-state index is 4.46. The molecule has 0 aliphatic rings. The fourth-order valence-electron chi connectivity index (χ4n) is 1.77. The van der Waals surface area contributed by atoms with Crippen molar-refractivity contribution in [3.05, 3.63) is 17.5 Å². The number of thioether (sulfide) groups is 1. The van der Waals surface area contributed by atoms with Crippen molar-refractivity contribution in [1.29, 1.82) is 0 Å². The van der Waals surface area contributed by atoms with Gasteiger partial charge in [-0.25, -0.2) is 9.97 Å². The summed E-state index contributed by atoms with van der Waals surface area (Å²) in [5, 5.41) is 4.90. The van der Waals surface area contributed by atoms with Crippen molar-refractivity contribution in [2.24, 2.45) is 0 Å². The van der Waals surface area contributed by atoms with Crippen LogP contribution in [-0.2, 0) is 0 Å². The molecule has 0 amide bonds. The minimum atomic E-state index is 0.507. The van der Waals surface area contributed by atoms with Crippen molar-refractivity contribution >= 4 is 11.8 Å². The van der Waals surface area contributed by atoms with Crippen molar-refractivity contribution in [3.8, 4) is 0 Å². The molecule has 0 aromatic carbocycles. The Morgan fingerprint density at radius 1 is 1.22 bits per heavy atom. The first-order valence-corrected chi connectivity index (χ1v) is 7.69. The standard InChI is InChI=1S/C14H25N3S/c1-5-6-7-8-15-10-13(4)18-14-16-11(2)9-12(3)17-14/h9,13,15H,5-8,10H2,1-4H3. The van der Waals surface area contributed by atoms with Gasteiger partial charge in [0.1, 0.15) is 0 Å². The van der Waals surface area contributed by atoms with E-state index in [-0.39, 0.29) is 0 Å². The largest absolute Gasteiger partial charge is 0.316 e. The van der Waals surface area contributed by atoms with Gasteiger partial charge in [0.25, 0.3) is 0 Å². The van der Waals surface area contributed by atoms with Gasteiger partial charge < -0.3 is 5.32 Å². The second-order valence-electron chi connectivity index (χ2n) is 4.77. The molecular weight excluding hydrogens is 242 g/mol. The van der Waals surface area contributed by atoms with Crippen LogP contribution in [0.3, 0.4) is 0 Å². The highest BCUT2D eigenvalue weighted by atomic mass is 32.2. The summed E-state index contributed by atoms with van der Waals surface area (Å²) in [7, 11) is 0. The Kier molecular flexibility index (Phi) is 7.28. The van der Waals surface area contributed by atoms with Crippen molar-refractivity contribution < 1.29 is 0 Å². The number of nitrogens with one attached hydrogen (secondary N) is 1. The van der Waals surface area contributed by atoms with Gasteiger partial charge in [-0.3, -0.25) is 0 Å². The van der Waals surface area contributed by atoms with Crippen LogP contribution < -0.4 is 5.32 Å². The zero-order valence-corrected chi connectivity index (χ0v) is 12.8. The molecular formula is C14H25N3S. The van der Waals surface area contributed by atoms with Gasteiger partial charge >= 0.3 is 0 Å². The Morgan fingerprint density at radius 2 is 1.89 bits per heavy atom. The SMILES string of the molecule is CCCCCNCC(C)Sc1nc(C)cc(C)n1. The summed E-state index contributed by atoms with van der Waals surface area (Å²) in [6, 6.07) is 2.01. The average molecular weight is 267 g/mol. The predicted molar refractivity (Wildman–Crippen MR) is 79.2 cm³/mol. The van der Waals surface area contributed by atoms with Crippen LogP contribution in [-0.4, -0.2) is 28.3 Å². The van der Waals surface area contributed by atoms with E-state index in [4.69, 9.17) is 0 Å². The van der Waals surface area contributed by atoms with Gasteiger partial charge in [-0.15, -0.1) is 0 Å². The molecule has 102 valence electrons. The summed E-state index contributed by atoms with van der Waals surface area (Å²) >= 11 is 1.75. The molecule has 0 bridgehead atoms. The number of rotatable bonds is 8. The predicted octanol–water partition coefficient (Wildman–Crippen LogP) is 3.35. The van der Waals surface area contributed by atoms with Gasteiger partial charge in [-0.05, 0) is 32.9 Å². The van der Waals surface area contributed by atoms with E-state index >= 15 is 0 Å². The average Bonchev–Trinajstić information content (AvgIpc) is 2.27. The minimum absolute atomic E-state index is 0.507. The van der Waals surface area contributed by atoms with E-state index in [1.807, 2.05) is 19.9 Å². The third-order valence-corrected chi connectivity index (χ3v) is 3.62. The van der Waals surface area contributed by atoms with Gasteiger partial charge in [0.15, 0.2) is 5.16 Å². The quantitative estimate of drug-likeness (QED) is 0.445. The van der Waals surface area contributed by atoms with Gasteiger partial charge in [0.2, 0.25) is 0 Å². The molecule has 1 aromatic heterocycles. The van der Waals surface area contributed by atoms with Gasteiger partial charge in [-0.1, -0.05) is 38.5 Å². The number of aromatic nitrogens is 2. The van der Waals surface area contributed by atoms with E-state index in [0.717, 1.165) is 29.6 Å². The van der Waals surface area contributed by atoms with Crippen molar-refractivity contribution in [3.63, 3.8) is 0 Å². The number of hydrogen-bond donors (Lipinski definition) is 1. The van der Waals surface area contributed by atoms with Gasteiger partial charge in [0.05, 0.1) is 0 Å². The molecule has 1 aromatic rings. The van der Waals surface area contributed by atoms with Crippen molar-refractivity contribution in [2.45, 2.75) is 57.4 Å². The number of nitrogens with zero attached hydrogens (tertiary/aromatic N) is 2. The Morgan fingerprint density at radius 3 is 2.50 bits per heavy atom. The number of unbranched alkanes of at least 4 members (excludes halogenated alkanes) is 2. The lowest BCUT2D eigenvalue weighted by Crippen LogP contribution is -2.23. The molecule has 0 saturated heterocycles. The van der Waals surface area contributed by atoms with Gasteiger partial charge in [-0.2, -0.15) is 0 Å². The van der Waals surface area contributed by atoms with Crippen LogP contribution in [0.4, 0.5) is 0 Å². The Bertz CT molecular complexity index is 335. The molecule has 0 aliphatic carbocycles. The third kappa shape index (κ3) is 6.36. The van der Waals surface area contributed by atoms with E-state index < -0.39 is 0 Å². The zero-order chi connectivity index (χ0) is 13.4. The van der Waals surface area contributed by atoms with Crippen molar-refractivity contribution in [1.82, 2.24) is 15.3 Å². The highest BCUT2D eigenvalue weighted by Crippen LogP contribution is 2.19. The first-order chi connectivity index (χ1) is 8.61. The van der Waals surface area contributed by atoms with Gasteiger partial charge in [0, 0.05) is 23.2 Å². The molecule has 1 N–H and O–H groups in total. The maximum absolute atomic E-state index is 4.46. The number of aryl methyl sites for hydroxylation is 2. The number of hydrogen-bond acceptors (Lipinski definition) is 4. The summed E-state index contributed by atoms with van der Waals surface area (Å²) in [5.74, 6) is 0. The molecule has 0 spiro atoms. The summed E-state index contributed by atoms with van der Waals surface area (Å²) in [6.07, 6.45) is 3.87. The topological polar surface area (TPSA) is 37.8 Å². The van der Waals surface area contributed by atoms with E-state index in [1.165, 1.54) is 19.3 Å². The molecule has 3 nitrogen and oxygen atoms in total. The second-order valence-corrected chi connectivity index (χ2v) is 6.18. The van der Waals surface area contributed by atoms with E-state index in [1.54, 1.807) is 11.8 Å². The zero-order valence-electron chi connectivity index (χ0n) is 12.0. The van der Waals surface area contributed by atoms with Crippen LogP contribution in [0.1, 0.15) is 44.5 Å². The molecule has 1 unspecified atom stereocenters. The molecule has 0 fully saturated rings. The normalized spacial score (nSPS) is 12.7. The maximum Gasteiger partial charge on any atom is 0.188 e.